The van der Waals surface area contributed by atoms with E-state index in [2.05, 4.69) is 27.5 Å². The summed E-state index contributed by atoms with van der Waals surface area (Å²) in [7, 11) is 0. The minimum Gasteiger partial charge on any atom is -0.492 e. The van der Waals surface area contributed by atoms with Gasteiger partial charge >= 0.3 is 6.09 Å². The Morgan fingerprint density at radius 3 is 2.52 bits per heavy atom. The number of hydrogen-bond donors (Lipinski definition) is 0. The lowest BCUT2D eigenvalue weighted by Gasteiger charge is -2.35. The van der Waals surface area contributed by atoms with Gasteiger partial charge in [0.2, 0.25) is 0 Å². The molecule has 5 nitrogen and oxygen atoms in total. The standard InChI is InChI=1S/C17H25IN2O3/c1-17(2,3)23-16(21)20-9-7-19(8-10-20)11-12-22-15-6-4-5-14(18)13-15/h4-6,13H,7-12H2,1-3H3. The summed E-state index contributed by atoms with van der Waals surface area (Å²) in [6.07, 6.45) is -0.215. The van der Waals surface area contributed by atoms with E-state index >= 15 is 0 Å². The maximum atomic E-state index is 12.0. The van der Waals surface area contributed by atoms with Crippen molar-refractivity contribution >= 4 is 28.7 Å². The van der Waals surface area contributed by atoms with E-state index in [4.69, 9.17) is 9.47 Å². The lowest BCUT2D eigenvalue weighted by atomic mass is 10.2. The third kappa shape index (κ3) is 6.55. The highest BCUT2D eigenvalue weighted by molar-refractivity contribution is 14.1. The number of nitrogens with zero attached hydrogens (tertiary/aromatic N) is 2. The molecule has 1 fully saturated rings. The van der Waals surface area contributed by atoms with Crippen molar-refractivity contribution in [2.75, 3.05) is 39.3 Å². The van der Waals surface area contributed by atoms with E-state index in [1.807, 2.05) is 45.0 Å². The van der Waals surface area contributed by atoms with Gasteiger partial charge in [0.05, 0.1) is 0 Å². The van der Waals surface area contributed by atoms with Crippen LogP contribution >= 0.6 is 22.6 Å². The van der Waals surface area contributed by atoms with Gasteiger partial charge in [-0.1, -0.05) is 6.07 Å². The first-order valence-corrected chi connectivity index (χ1v) is 9.00. The molecule has 0 aromatic heterocycles. The summed E-state index contributed by atoms with van der Waals surface area (Å²) >= 11 is 2.28. The number of hydrogen-bond acceptors (Lipinski definition) is 4. The van der Waals surface area contributed by atoms with Crippen LogP contribution < -0.4 is 4.74 Å². The molecule has 0 saturated carbocycles. The van der Waals surface area contributed by atoms with Crippen molar-refractivity contribution in [3.8, 4) is 5.75 Å². The number of ether oxygens (including phenoxy) is 2. The fourth-order valence-electron chi connectivity index (χ4n) is 2.33. The normalized spacial score (nSPS) is 16.3. The molecule has 0 N–H and O–H groups in total. The molecule has 0 aliphatic carbocycles. The van der Waals surface area contributed by atoms with Crippen LogP contribution in [0.1, 0.15) is 20.8 Å². The number of amides is 1. The molecular weight excluding hydrogens is 407 g/mol. The van der Waals surface area contributed by atoms with E-state index in [-0.39, 0.29) is 6.09 Å². The Morgan fingerprint density at radius 1 is 1.22 bits per heavy atom. The van der Waals surface area contributed by atoms with Gasteiger partial charge in [0.1, 0.15) is 18.0 Å². The van der Waals surface area contributed by atoms with Crippen molar-refractivity contribution in [3.05, 3.63) is 27.8 Å². The van der Waals surface area contributed by atoms with Crippen LogP contribution in [0.2, 0.25) is 0 Å². The predicted molar refractivity (Wildman–Crippen MR) is 98.9 cm³/mol. The highest BCUT2D eigenvalue weighted by atomic mass is 127. The number of piperazine rings is 1. The molecule has 1 aliphatic rings. The average Bonchev–Trinajstić information content (AvgIpc) is 2.46. The molecule has 1 heterocycles. The van der Waals surface area contributed by atoms with Crippen molar-refractivity contribution in [3.63, 3.8) is 0 Å². The van der Waals surface area contributed by atoms with Crippen molar-refractivity contribution in [1.82, 2.24) is 9.80 Å². The molecule has 2 rings (SSSR count). The van der Waals surface area contributed by atoms with Gasteiger partial charge in [-0.2, -0.15) is 0 Å². The first kappa shape index (κ1) is 18.3. The number of carbonyl (C=O) groups excluding carboxylic acids is 1. The highest BCUT2D eigenvalue weighted by Crippen LogP contribution is 2.15. The Kier molecular flexibility index (Phi) is 6.52. The first-order chi connectivity index (χ1) is 10.8. The van der Waals surface area contributed by atoms with Crippen LogP contribution in [0.3, 0.4) is 0 Å². The molecule has 1 amide bonds. The molecule has 0 unspecified atom stereocenters. The van der Waals surface area contributed by atoms with Crippen LogP contribution in [0.4, 0.5) is 4.79 Å². The number of benzene rings is 1. The van der Waals surface area contributed by atoms with Crippen LogP contribution in [0.15, 0.2) is 24.3 Å². The molecule has 1 aliphatic heterocycles. The molecule has 0 radical (unpaired) electrons. The average molecular weight is 432 g/mol. The summed E-state index contributed by atoms with van der Waals surface area (Å²) in [5.41, 5.74) is -0.435. The maximum Gasteiger partial charge on any atom is 0.410 e. The summed E-state index contributed by atoms with van der Waals surface area (Å²) in [4.78, 5) is 16.1. The topological polar surface area (TPSA) is 42.0 Å². The van der Waals surface area contributed by atoms with Crippen molar-refractivity contribution in [1.29, 1.82) is 0 Å². The molecule has 1 aromatic rings. The van der Waals surface area contributed by atoms with Crippen molar-refractivity contribution < 1.29 is 14.3 Å². The second-order valence-electron chi connectivity index (χ2n) is 6.61. The molecule has 0 atom stereocenters. The maximum absolute atomic E-state index is 12.0. The van der Waals surface area contributed by atoms with Crippen molar-refractivity contribution in [2.45, 2.75) is 26.4 Å². The fraction of sp³-hybridized carbons (Fsp3) is 0.588. The number of carbonyl (C=O) groups is 1. The predicted octanol–water partition coefficient (Wildman–Crippen LogP) is 3.22. The molecule has 128 valence electrons. The Morgan fingerprint density at radius 2 is 1.91 bits per heavy atom. The van der Waals surface area contributed by atoms with Gasteiger partial charge in [0.15, 0.2) is 0 Å². The summed E-state index contributed by atoms with van der Waals surface area (Å²) in [5.74, 6) is 0.907. The quantitative estimate of drug-likeness (QED) is 0.686. The van der Waals surface area contributed by atoms with Gasteiger partial charge < -0.3 is 14.4 Å². The van der Waals surface area contributed by atoms with E-state index in [0.29, 0.717) is 19.7 Å². The SMILES string of the molecule is CC(C)(C)OC(=O)N1CCN(CCOc2cccc(I)c2)CC1. The Bertz CT molecular complexity index is 523. The zero-order valence-electron chi connectivity index (χ0n) is 14.0. The zero-order valence-corrected chi connectivity index (χ0v) is 16.2. The molecule has 1 saturated heterocycles. The van der Waals surface area contributed by atoms with Crippen LogP contribution in [0, 0.1) is 3.57 Å². The van der Waals surface area contributed by atoms with Gasteiger partial charge in [-0.15, -0.1) is 0 Å². The lowest BCUT2D eigenvalue weighted by molar-refractivity contribution is 0.0137. The van der Waals surface area contributed by atoms with Gasteiger partial charge in [-0.25, -0.2) is 4.79 Å². The van der Waals surface area contributed by atoms with Gasteiger partial charge in [0, 0.05) is 36.3 Å². The largest absolute Gasteiger partial charge is 0.492 e. The molecule has 0 bridgehead atoms. The second-order valence-corrected chi connectivity index (χ2v) is 7.86. The Labute approximate surface area is 152 Å². The van der Waals surface area contributed by atoms with Crippen LogP contribution in [0.5, 0.6) is 5.75 Å². The van der Waals surface area contributed by atoms with Crippen LogP contribution in [-0.4, -0.2) is 60.8 Å². The highest BCUT2D eigenvalue weighted by Gasteiger charge is 2.25. The van der Waals surface area contributed by atoms with E-state index in [1.165, 1.54) is 3.57 Å². The fourth-order valence-corrected chi connectivity index (χ4v) is 2.84. The molecule has 0 spiro atoms. The molecular formula is C17H25IN2O3. The monoisotopic (exact) mass is 432 g/mol. The third-order valence-corrected chi connectivity index (χ3v) is 4.17. The summed E-state index contributed by atoms with van der Waals surface area (Å²) < 4.78 is 12.4. The van der Waals surface area contributed by atoms with Crippen LogP contribution in [0.25, 0.3) is 0 Å². The van der Waals surface area contributed by atoms with Gasteiger partial charge in [0.25, 0.3) is 0 Å². The first-order valence-electron chi connectivity index (χ1n) is 7.92. The van der Waals surface area contributed by atoms with Crippen LogP contribution in [-0.2, 0) is 4.74 Å². The second kappa shape index (κ2) is 8.19. The summed E-state index contributed by atoms with van der Waals surface area (Å²) in [5, 5.41) is 0. The third-order valence-electron chi connectivity index (χ3n) is 3.50. The van der Waals surface area contributed by atoms with Crippen molar-refractivity contribution in [2.24, 2.45) is 0 Å². The summed E-state index contributed by atoms with van der Waals surface area (Å²) in [6.45, 7) is 10.3. The lowest BCUT2D eigenvalue weighted by Crippen LogP contribution is -2.50. The molecule has 1 aromatic carbocycles. The number of halogens is 1. The van der Waals surface area contributed by atoms with E-state index in [9.17, 15) is 4.79 Å². The minimum atomic E-state index is -0.435. The Hall–Kier alpha value is -1.02. The summed E-state index contributed by atoms with van der Waals surface area (Å²) in [6, 6.07) is 8.05. The minimum absolute atomic E-state index is 0.215. The van der Waals surface area contributed by atoms with Gasteiger partial charge in [-0.05, 0) is 61.6 Å². The molecule has 23 heavy (non-hydrogen) atoms. The number of rotatable bonds is 4. The Balaban J connectivity index is 1.68. The smallest absolute Gasteiger partial charge is 0.410 e. The molecule has 6 heteroatoms. The van der Waals surface area contributed by atoms with E-state index < -0.39 is 5.60 Å². The van der Waals surface area contributed by atoms with E-state index in [0.717, 1.165) is 25.4 Å². The zero-order chi connectivity index (χ0) is 16.9. The van der Waals surface area contributed by atoms with Gasteiger partial charge in [-0.3, -0.25) is 4.90 Å². The van der Waals surface area contributed by atoms with E-state index in [1.54, 1.807) is 4.90 Å².